The lowest BCUT2D eigenvalue weighted by atomic mass is 10.1. The van der Waals surface area contributed by atoms with Crippen molar-refractivity contribution in [2.75, 3.05) is 13.2 Å². The number of rotatable bonds is 8. The zero-order valence-electron chi connectivity index (χ0n) is 15.5. The van der Waals surface area contributed by atoms with Crippen LogP contribution in [-0.4, -0.2) is 35.9 Å². The van der Waals surface area contributed by atoms with Gasteiger partial charge >= 0.3 is 0 Å². The van der Waals surface area contributed by atoms with Gasteiger partial charge in [0.15, 0.2) is 6.61 Å². The SMILES string of the molecule is CCNC(=O)C(C)N(Cc1cccc(Cl)c1)C(=O)COc1ccc(Br)cc1Cl. The number of nitrogens with one attached hydrogen (secondary N) is 1. The summed E-state index contributed by atoms with van der Waals surface area (Å²) in [6.07, 6.45) is 0. The summed E-state index contributed by atoms with van der Waals surface area (Å²) < 4.78 is 6.39. The van der Waals surface area contributed by atoms with Gasteiger partial charge < -0.3 is 15.0 Å². The van der Waals surface area contributed by atoms with E-state index in [1.807, 2.05) is 13.0 Å². The van der Waals surface area contributed by atoms with Gasteiger partial charge in [0, 0.05) is 22.6 Å². The summed E-state index contributed by atoms with van der Waals surface area (Å²) in [4.78, 5) is 26.6. The predicted molar refractivity (Wildman–Crippen MR) is 115 cm³/mol. The fourth-order valence-corrected chi connectivity index (χ4v) is 3.49. The van der Waals surface area contributed by atoms with Gasteiger partial charge in [-0.15, -0.1) is 0 Å². The van der Waals surface area contributed by atoms with Gasteiger partial charge in [-0.3, -0.25) is 9.59 Å². The summed E-state index contributed by atoms with van der Waals surface area (Å²) in [7, 11) is 0. The Morgan fingerprint density at radius 1 is 1.21 bits per heavy atom. The first-order valence-corrected chi connectivity index (χ1v) is 10.3. The molecule has 0 fully saturated rings. The molecule has 0 aromatic heterocycles. The highest BCUT2D eigenvalue weighted by Gasteiger charge is 2.26. The van der Waals surface area contributed by atoms with Crippen molar-refractivity contribution in [2.24, 2.45) is 0 Å². The zero-order chi connectivity index (χ0) is 20.7. The smallest absolute Gasteiger partial charge is 0.261 e. The molecule has 2 aromatic carbocycles. The first-order valence-electron chi connectivity index (χ1n) is 8.71. The Bertz CT molecular complexity index is 848. The van der Waals surface area contributed by atoms with Crippen LogP contribution in [0.4, 0.5) is 0 Å². The van der Waals surface area contributed by atoms with E-state index in [9.17, 15) is 9.59 Å². The molecule has 1 N–H and O–H groups in total. The van der Waals surface area contributed by atoms with Crippen molar-refractivity contribution in [1.82, 2.24) is 10.2 Å². The Balaban J connectivity index is 2.16. The van der Waals surface area contributed by atoms with Gasteiger partial charge in [0.2, 0.25) is 5.91 Å². The number of benzene rings is 2. The van der Waals surface area contributed by atoms with Crippen molar-refractivity contribution in [3.63, 3.8) is 0 Å². The number of carbonyl (C=O) groups excluding carboxylic acids is 2. The minimum Gasteiger partial charge on any atom is -0.482 e. The van der Waals surface area contributed by atoms with Gasteiger partial charge in [-0.05, 0) is 49.7 Å². The molecule has 8 heteroatoms. The van der Waals surface area contributed by atoms with Crippen molar-refractivity contribution < 1.29 is 14.3 Å². The molecule has 0 aliphatic rings. The average Bonchev–Trinajstić information content (AvgIpc) is 2.65. The monoisotopic (exact) mass is 486 g/mol. The molecule has 2 rings (SSSR count). The lowest BCUT2D eigenvalue weighted by molar-refractivity contribution is -0.142. The van der Waals surface area contributed by atoms with Gasteiger partial charge in [-0.2, -0.15) is 0 Å². The Labute approximate surface area is 183 Å². The second-order valence-electron chi connectivity index (χ2n) is 6.09. The van der Waals surface area contributed by atoms with E-state index >= 15 is 0 Å². The fraction of sp³-hybridized carbons (Fsp3) is 0.300. The van der Waals surface area contributed by atoms with Crippen LogP contribution in [0, 0.1) is 0 Å². The maximum absolute atomic E-state index is 12.9. The third-order valence-electron chi connectivity index (χ3n) is 4.01. The van der Waals surface area contributed by atoms with E-state index in [-0.39, 0.29) is 25.0 Å². The van der Waals surface area contributed by atoms with Crippen LogP contribution >= 0.6 is 39.1 Å². The second kappa shape index (κ2) is 10.7. The van der Waals surface area contributed by atoms with Crippen molar-refractivity contribution >= 4 is 50.9 Å². The molecule has 0 saturated heterocycles. The standard InChI is InChI=1S/C20H21BrCl2N2O3/c1-3-24-20(27)13(2)25(11-14-5-4-6-16(22)9-14)19(26)12-28-18-8-7-15(21)10-17(18)23/h4-10,13H,3,11-12H2,1-2H3,(H,24,27). The quantitative estimate of drug-likeness (QED) is 0.587. The van der Waals surface area contributed by atoms with E-state index in [0.717, 1.165) is 10.0 Å². The number of nitrogens with zero attached hydrogens (tertiary/aromatic N) is 1. The van der Waals surface area contributed by atoms with Crippen LogP contribution in [0.3, 0.4) is 0 Å². The molecule has 0 bridgehead atoms. The molecule has 0 radical (unpaired) electrons. The molecule has 150 valence electrons. The summed E-state index contributed by atoms with van der Waals surface area (Å²) in [5.74, 6) is -0.177. The molecule has 0 spiro atoms. The number of hydrogen-bond donors (Lipinski definition) is 1. The predicted octanol–water partition coefficient (Wildman–Crippen LogP) is 4.69. The molecular formula is C20H21BrCl2N2O3. The molecule has 28 heavy (non-hydrogen) atoms. The normalized spacial score (nSPS) is 11.6. The first kappa shape index (κ1) is 22.5. The molecular weight excluding hydrogens is 467 g/mol. The van der Waals surface area contributed by atoms with Gasteiger partial charge in [0.1, 0.15) is 11.8 Å². The van der Waals surface area contributed by atoms with Crippen LogP contribution in [0.1, 0.15) is 19.4 Å². The van der Waals surface area contributed by atoms with E-state index in [1.165, 1.54) is 4.90 Å². The molecule has 0 aliphatic carbocycles. The maximum Gasteiger partial charge on any atom is 0.261 e. The van der Waals surface area contributed by atoms with Crippen molar-refractivity contribution in [3.8, 4) is 5.75 Å². The molecule has 0 saturated carbocycles. The highest BCUT2D eigenvalue weighted by molar-refractivity contribution is 9.10. The van der Waals surface area contributed by atoms with Crippen molar-refractivity contribution in [3.05, 3.63) is 62.5 Å². The van der Waals surface area contributed by atoms with Crippen LogP contribution < -0.4 is 10.1 Å². The van der Waals surface area contributed by atoms with Gasteiger partial charge in [-0.25, -0.2) is 0 Å². The van der Waals surface area contributed by atoms with Gasteiger partial charge in [0.25, 0.3) is 5.91 Å². The molecule has 5 nitrogen and oxygen atoms in total. The minimum absolute atomic E-state index is 0.231. The summed E-state index contributed by atoms with van der Waals surface area (Å²) in [5, 5.41) is 3.69. The molecule has 0 aliphatic heterocycles. The lowest BCUT2D eigenvalue weighted by Gasteiger charge is -2.28. The molecule has 0 heterocycles. The number of ether oxygens (including phenoxy) is 1. The van der Waals surface area contributed by atoms with Crippen molar-refractivity contribution in [2.45, 2.75) is 26.4 Å². The molecule has 2 aromatic rings. The topological polar surface area (TPSA) is 58.6 Å². The van der Waals surface area contributed by atoms with Crippen LogP contribution in [0.15, 0.2) is 46.9 Å². The third-order valence-corrected chi connectivity index (χ3v) is 5.03. The summed E-state index contributed by atoms with van der Waals surface area (Å²) in [6, 6.07) is 11.6. The van der Waals surface area contributed by atoms with E-state index in [0.29, 0.717) is 22.3 Å². The minimum atomic E-state index is -0.671. The Morgan fingerprint density at radius 3 is 2.61 bits per heavy atom. The summed E-state index contributed by atoms with van der Waals surface area (Å²) >= 11 is 15.5. The third kappa shape index (κ3) is 6.40. The molecule has 2 amide bonds. The van der Waals surface area contributed by atoms with Gasteiger partial charge in [-0.1, -0.05) is 51.3 Å². The average molecular weight is 488 g/mol. The number of likely N-dealkylation sites (N-methyl/N-ethyl adjacent to an activating group) is 1. The summed E-state index contributed by atoms with van der Waals surface area (Å²) in [5.41, 5.74) is 0.818. The Kier molecular flexibility index (Phi) is 8.60. The van der Waals surface area contributed by atoms with Gasteiger partial charge in [0.05, 0.1) is 5.02 Å². The van der Waals surface area contributed by atoms with Crippen LogP contribution in [0.5, 0.6) is 5.75 Å². The Morgan fingerprint density at radius 2 is 1.96 bits per heavy atom. The number of halogens is 3. The number of hydrogen-bond acceptors (Lipinski definition) is 3. The summed E-state index contributed by atoms with van der Waals surface area (Å²) in [6.45, 7) is 3.97. The zero-order valence-corrected chi connectivity index (χ0v) is 18.6. The maximum atomic E-state index is 12.9. The Hall–Kier alpha value is -1.76. The second-order valence-corrected chi connectivity index (χ2v) is 7.84. The van der Waals surface area contributed by atoms with Crippen molar-refractivity contribution in [1.29, 1.82) is 0 Å². The van der Waals surface area contributed by atoms with E-state index in [1.54, 1.807) is 43.3 Å². The van der Waals surface area contributed by atoms with E-state index in [2.05, 4.69) is 21.2 Å². The first-order chi connectivity index (χ1) is 13.3. The van der Waals surface area contributed by atoms with E-state index < -0.39 is 6.04 Å². The van der Waals surface area contributed by atoms with Crippen LogP contribution in [-0.2, 0) is 16.1 Å². The van der Waals surface area contributed by atoms with Crippen LogP contribution in [0.2, 0.25) is 10.0 Å². The number of carbonyl (C=O) groups is 2. The lowest BCUT2D eigenvalue weighted by Crippen LogP contribution is -2.49. The fourth-order valence-electron chi connectivity index (χ4n) is 2.55. The largest absolute Gasteiger partial charge is 0.482 e. The molecule has 1 unspecified atom stereocenters. The number of amides is 2. The highest BCUT2D eigenvalue weighted by Crippen LogP contribution is 2.27. The highest BCUT2D eigenvalue weighted by atomic mass is 79.9. The van der Waals surface area contributed by atoms with E-state index in [4.69, 9.17) is 27.9 Å². The molecule has 1 atom stereocenters. The van der Waals surface area contributed by atoms with Crippen LogP contribution in [0.25, 0.3) is 0 Å².